The predicted octanol–water partition coefficient (Wildman–Crippen LogP) is 9.79. The second-order valence-electron chi connectivity index (χ2n) is 12.0. The second-order valence-corrected chi connectivity index (χ2v) is 14.5. The molecule has 1 N–H and O–H groups in total. The van der Waals surface area contributed by atoms with Gasteiger partial charge in [-0.05, 0) is 102 Å². The molecule has 0 amide bonds. The van der Waals surface area contributed by atoms with Gasteiger partial charge in [-0.3, -0.25) is 0 Å². The van der Waals surface area contributed by atoms with Crippen LogP contribution in [0, 0.1) is 13.8 Å². The Kier molecular flexibility index (Phi) is 13.5. The van der Waals surface area contributed by atoms with Crippen LogP contribution in [0.1, 0.15) is 20.9 Å². The zero-order valence-corrected chi connectivity index (χ0v) is 31.1. The molecule has 4 aromatic rings. The summed E-state index contributed by atoms with van der Waals surface area (Å²) in [5.41, 5.74) is 5.75. The molecule has 0 atom stereocenters. The van der Waals surface area contributed by atoms with E-state index in [4.69, 9.17) is 34.3 Å². The first-order valence-electron chi connectivity index (χ1n) is 16.7. The molecule has 1 aliphatic carbocycles. The predicted molar refractivity (Wildman–Crippen MR) is 196 cm³/mol. The van der Waals surface area contributed by atoms with Gasteiger partial charge in [-0.15, -0.1) is 22.7 Å². The second kappa shape index (κ2) is 17.9. The molecule has 0 aliphatic heterocycles. The number of allylic oxidation sites excluding steroid dienone is 2. The minimum absolute atomic E-state index is 0.101. The number of aryl methyl sites for hydroxylation is 2. The topological polar surface area (TPSA) is 132 Å². The fraction of sp³-hybridized carbons (Fsp3) is 0.378. The van der Waals surface area contributed by atoms with Crippen LogP contribution < -0.4 is 9.47 Å². The number of benzene rings is 2. The van der Waals surface area contributed by atoms with Crippen molar-refractivity contribution < 1.29 is 59.9 Å². The van der Waals surface area contributed by atoms with E-state index >= 15 is 26.3 Å². The molecule has 2 heterocycles. The van der Waals surface area contributed by atoms with E-state index in [9.17, 15) is 4.79 Å². The Morgan fingerprint density at radius 2 is 1.11 bits per heavy atom. The molecule has 10 nitrogen and oxygen atoms in total. The molecule has 0 unspecified atom stereocenters. The quantitative estimate of drug-likeness (QED) is 0.0309. The molecule has 0 radical (unpaired) electrons. The number of halogens is 6. The highest BCUT2D eigenvalue weighted by Gasteiger charge is 2.80. The number of alkyl halides is 6. The van der Waals surface area contributed by atoms with E-state index in [-0.39, 0.29) is 68.1 Å². The van der Waals surface area contributed by atoms with E-state index in [0.717, 1.165) is 22.7 Å². The number of rotatable bonds is 20. The summed E-state index contributed by atoms with van der Waals surface area (Å²) in [5, 5.41) is 11.9. The number of carbonyl (C=O) groups is 1. The molecule has 0 fully saturated rings. The van der Waals surface area contributed by atoms with Crippen molar-refractivity contribution in [2.75, 3.05) is 59.4 Å². The van der Waals surface area contributed by atoms with Crippen molar-refractivity contribution in [3.8, 4) is 32.4 Å². The maximum atomic E-state index is 15.7. The number of hydrogen-bond donors (Lipinski definition) is 1. The van der Waals surface area contributed by atoms with Gasteiger partial charge in [-0.1, -0.05) is 5.11 Å². The van der Waals surface area contributed by atoms with Gasteiger partial charge < -0.3 is 28.8 Å². The minimum atomic E-state index is -5.70. The first kappa shape index (κ1) is 41.6. The molecule has 0 bridgehead atoms. The number of nitrogens with zero attached hydrogens (tertiary/aromatic N) is 3. The van der Waals surface area contributed by atoms with E-state index < -0.39 is 47.1 Å². The molecule has 2 aromatic heterocycles. The number of ether oxygens (including phenoxy) is 5. The van der Waals surface area contributed by atoms with Crippen molar-refractivity contribution >= 4 is 39.8 Å². The molecule has 0 saturated heterocycles. The Bertz CT molecular complexity index is 2030. The Balaban J connectivity index is 1.35. The monoisotopic (exact) mass is 811 g/mol. The van der Waals surface area contributed by atoms with Gasteiger partial charge in [0.25, 0.3) is 0 Å². The highest BCUT2D eigenvalue weighted by molar-refractivity contribution is 7.16. The molecule has 5 rings (SSSR count). The number of azide groups is 1. The summed E-state index contributed by atoms with van der Waals surface area (Å²) in [5.74, 6) is -16.3. The van der Waals surface area contributed by atoms with Crippen molar-refractivity contribution in [2.45, 2.75) is 31.6 Å². The average Bonchev–Trinajstić information content (AvgIpc) is 3.75. The van der Waals surface area contributed by atoms with Crippen molar-refractivity contribution in [1.29, 1.82) is 0 Å². The number of thiophene rings is 2. The summed E-state index contributed by atoms with van der Waals surface area (Å²) >= 11 is 2.02. The Morgan fingerprint density at radius 3 is 1.55 bits per heavy atom. The fourth-order valence-corrected chi connectivity index (χ4v) is 7.74. The summed E-state index contributed by atoms with van der Waals surface area (Å²) in [6.45, 7) is 3.90. The van der Waals surface area contributed by atoms with Crippen LogP contribution in [0.25, 0.3) is 42.5 Å². The maximum Gasteiger partial charge on any atom is 0.380 e. The highest BCUT2D eigenvalue weighted by atomic mass is 32.1. The normalized spacial score (nSPS) is 15.6. The van der Waals surface area contributed by atoms with Crippen LogP contribution in [0.5, 0.6) is 11.5 Å². The summed E-state index contributed by atoms with van der Waals surface area (Å²) in [6, 6.07) is 15.5. The van der Waals surface area contributed by atoms with Gasteiger partial charge in [0.1, 0.15) is 31.3 Å². The van der Waals surface area contributed by atoms with Crippen LogP contribution in [0.3, 0.4) is 0 Å². The lowest BCUT2D eigenvalue weighted by Gasteiger charge is -2.25. The van der Waals surface area contributed by atoms with Crippen LogP contribution in [0.15, 0.2) is 65.8 Å². The van der Waals surface area contributed by atoms with E-state index in [2.05, 4.69) is 10.0 Å². The van der Waals surface area contributed by atoms with Crippen LogP contribution in [-0.4, -0.2) is 88.2 Å². The van der Waals surface area contributed by atoms with E-state index in [0.29, 0.717) is 32.4 Å². The Hall–Kier alpha value is -4.58. The first-order chi connectivity index (χ1) is 26.2. The van der Waals surface area contributed by atoms with Crippen molar-refractivity contribution in [3.05, 3.63) is 92.0 Å². The third-order valence-electron chi connectivity index (χ3n) is 8.31. The summed E-state index contributed by atoms with van der Waals surface area (Å²) < 4.78 is 120. The van der Waals surface area contributed by atoms with Crippen LogP contribution in [0.2, 0.25) is 0 Å². The molecule has 0 spiro atoms. The van der Waals surface area contributed by atoms with Gasteiger partial charge in [-0.2, -0.15) is 26.3 Å². The number of aliphatic carboxylic acids is 1. The van der Waals surface area contributed by atoms with Crippen LogP contribution in [-0.2, 0) is 19.0 Å². The maximum absolute atomic E-state index is 15.7. The van der Waals surface area contributed by atoms with Gasteiger partial charge in [0.2, 0.25) is 0 Å². The zero-order chi connectivity index (χ0) is 39.8. The van der Waals surface area contributed by atoms with Crippen molar-refractivity contribution in [1.82, 2.24) is 0 Å². The smallest absolute Gasteiger partial charge is 0.380 e. The van der Waals surface area contributed by atoms with Gasteiger partial charge >= 0.3 is 23.7 Å². The molecule has 55 heavy (non-hydrogen) atoms. The molecule has 18 heteroatoms. The lowest BCUT2D eigenvalue weighted by atomic mass is 9.94. The number of carboxylic acid groups (broad SMARTS) is 1. The fourth-order valence-electron chi connectivity index (χ4n) is 5.68. The molecule has 294 valence electrons. The van der Waals surface area contributed by atoms with E-state index in [1.54, 1.807) is 48.5 Å². The third kappa shape index (κ3) is 9.28. The zero-order valence-electron chi connectivity index (χ0n) is 29.5. The summed E-state index contributed by atoms with van der Waals surface area (Å²) in [7, 11) is 0. The van der Waals surface area contributed by atoms with Crippen molar-refractivity contribution in [3.63, 3.8) is 0 Å². The third-order valence-corrected chi connectivity index (χ3v) is 10.5. The van der Waals surface area contributed by atoms with E-state index in [1.165, 1.54) is 26.0 Å². The SMILES string of the molecule is Cc1sc(-c2ccc(OCCOCCN=[N+]=[N-])cc2)cc1C1=C(c2cc(-c3ccc(OCCOCCOCC(=O)O)cc3)sc2C)C(F)(F)C(F)(F)C1(F)F. The molecule has 1 aliphatic rings. The Morgan fingerprint density at radius 1 is 0.691 bits per heavy atom. The number of hydrogen-bond acceptors (Lipinski definition) is 9. The Labute approximate surface area is 319 Å². The summed E-state index contributed by atoms with van der Waals surface area (Å²) in [4.78, 5) is 14.2. The lowest BCUT2D eigenvalue weighted by molar-refractivity contribution is -0.254. The van der Waals surface area contributed by atoms with Crippen LogP contribution >= 0.6 is 22.7 Å². The van der Waals surface area contributed by atoms with Gasteiger partial charge in [0.15, 0.2) is 0 Å². The molecular weight excluding hydrogens is 777 g/mol. The molecular formula is C37H35F6N3O7S2. The van der Waals surface area contributed by atoms with Crippen LogP contribution in [0.4, 0.5) is 26.3 Å². The largest absolute Gasteiger partial charge is 0.491 e. The van der Waals surface area contributed by atoms with Gasteiger partial charge in [-0.25, -0.2) is 4.79 Å². The first-order valence-corrected chi connectivity index (χ1v) is 18.3. The van der Waals surface area contributed by atoms with Gasteiger partial charge in [0, 0.05) is 42.1 Å². The molecule has 0 saturated carbocycles. The number of carboxylic acids is 1. The molecule has 2 aromatic carbocycles. The highest BCUT2D eigenvalue weighted by Crippen LogP contribution is 2.66. The van der Waals surface area contributed by atoms with E-state index in [1.807, 2.05) is 0 Å². The minimum Gasteiger partial charge on any atom is -0.491 e. The standard InChI is InChI=1S/C37H35F6N3O7S2/c1-22-28(19-30(54-22)24-3-7-26(8-4-24)52-17-15-49-12-11-45-46-44)33-34(36(40,41)37(42,43)35(33,38)39)29-20-31(55-23(29)2)25-5-9-27(10-6-25)53-18-16-50-13-14-51-21-32(47)48/h3-10,19-20H,11-18,21H2,1-2H3,(H,47,48). The summed E-state index contributed by atoms with van der Waals surface area (Å²) in [6.07, 6.45) is 0. The average molecular weight is 812 g/mol. The van der Waals surface area contributed by atoms with Crippen molar-refractivity contribution in [2.24, 2.45) is 5.11 Å². The van der Waals surface area contributed by atoms with Gasteiger partial charge in [0.05, 0.1) is 33.0 Å². The lowest BCUT2D eigenvalue weighted by Crippen LogP contribution is -2.48.